The van der Waals surface area contributed by atoms with Crippen LogP contribution in [0.4, 0.5) is 25.5 Å². The Balaban J connectivity index is 1.47. The van der Waals surface area contributed by atoms with Gasteiger partial charge in [-0.05, 0) is 108 Å². The van der Waals surface area contributed by atoms with Gasteiger partial charge in [0.05, 0.1) is 19.3 Å². The van der Waals surface area contributed by atoms with E-state index in [0.717, 1.165) is 12.8 Å². The highest BCUT2D eigenvalue weighted by atomic mass is 28.3. The van der Waals surface area contributed by atoms with Crippen LogP contribution in [-0.4, -0.2) is 101 Å². The van der Waals surface area contributed by atoms with Crippen molar-refractivity contribution in [2.45, 2.75) is 156 Å². The summed E-state index contributed by atoms with van der Waals surface area (Å²) >= 11 is 0. The number of amides is 2. The minimum Gasteiger partial charge on any atom is -0.472 e. The fourth-order valence-corrected chi connectivity index (χ4v) is 14.9. The number of piperazine rings is 1. The normalized spacial score (nSPS) is 19.4. The van der Waals surface area contributed by atoms with Gasteiger partial charge < -0.3 is 33.9 Å². The van der Waals surface area contributed by atoms with Gasteiger partial charge in [0.25, 0.3) is 0 Å². The maximum Gasteiger partial charge on any atom is 0.412 e. The van der Waals surface area contributed by atoms with Crippen LogP contribution in [0.3, 0.4) is 0 Å². The molecular formula is C50H67FN6O7Si. The van der Waals surface area contributed by atoms with Crippen LogP contribution in [0.2, 0.25) is 16.6 Å². The van der Waals surface area contributed by atoms with Gasteiger partial charge in [-0.3, -0.25) is 5.32 Å². The number of nitrogens with zero attached hydrogens (tertiary/aromatic N) is 5. The maximum absolute atomic E-state index is 18.1. The fourth-order valence-electron chi connectivity index (χ4n) is 9.68. The summed E-state index contributed by atoms with van der Waals surface area (Å²) in [4.78, 5) is 45.3. The van der Waals surface area contributed by atoms with Crippen LogP contribution < -0.4 is 19.7 Å². The molecule has 0 unspecified atom stereocenters. The molecule has 65 heavy (non-hydrogen) atoms. The van der Waals surface area contributed by atoms with E-state index in [2.05, 4.69) is 58.3 Å². The molecule has 2 N–H and O–H groups in total. The summed E-state index contributed by atoms with van der Waals surface area (Å²) < 4.78 is 42.6. The summed E-state index contributed by atoms with van der Waals surface area (Å²) in [5.41, 5.74) is 4.38. The number of pyridine rings is 1. The number of aromatic nitrogens is 3. The number of halogens is 1. The van der Waals surface area contributed by atoms with Crippen molar-refractivity contribution in [2.24, 2.45) is 5.41 Å². The number of aliphatic hydroxyl groups is 1. The second-order valence-electron chi connectivity index (χ2n) is 21.3. The number of rotatable bonds is 9. The van der Waals surface area contributed by atoms with Crippen LogP contribution in [0.15, 0.2) is 30.3 Å². The Hall–Kier alpha value is -5.20. The molecule has 0 radical (unpaired) electrons. The quantitative estimate of drug-likeness (QED) is 0.122. The van der Waals surface area contributed by atoms with E-state index in [4.69, 9.17) is 33.9 Å². The van der Waals surface area contributed by atoms with Crippen LogP contribution in [0, 0.1) is 22.7 Å². The minimum absolute atomic E-state index is 0.0566. The maximum atomic E-state index is 18.1. The second-order valence-corrected chi connectivity index (χ2v) is 26.9. The second kappa shape index (κ2) is 17.5. The van der Waals surface area contributed by atoms with E-state index in [9.17, 15) is 14.7 Å². The Bertz CT molecular complexity index is 2530. The molecule has 4 heterocycles. The van der Waals surface area contributed by atoms with E-state index in [1.165, 1.54) is 0 Å². The van der Waals surface area contributed by atoms with Crippen molar-refractivity contribution >= 4 is 53.4 Å². The van der Waals surface area contributed by atoms with Gasteiger partial charge in [0, 0.05) is 46.7 Å². The fraction of sp³-hybridized carbons (Fsp3) is 0.580. The Kier molecular flexibility index (Phi) is 12.9. The van der Waals surface area contributed by atoms with Gasteiger partial charge in [-0.15, -0.1) is 5.54 Å². The van der Waals surface area contributed by atoms with Crippen molar-refractivity contribution in [1.82, 2.24) is 19.9 Å². The molecule has 3 atom stereocenters. The number of carbonyl (C=O) groups excluding carboxylic acids is 2. The first-order chi connectivity index (χ1) is 30.4. The van der Waals surface area contributed by atoms with Gasteiger partial charge in [-0.2, -0.15) is 9.97 Å². The lowest BCUT2D eigenvalue weighted by Gasteiger charge is -2.46. The molecule has 1 saturated carbocycles. The zero-order chi connectivity index (χ0) is 47.6. The van der Waals surface area contributed by atoms with E-state index in [1.54, 1.807) is 31.7 Å². The third kappa shape index (κ3) is 9.57. The molecule has 2 fully saturated rings. The van der Waals surface area contributed by atoms with E-state index in [-0.39, 0.29) is 54.3 Å². The highest BCUT2D eigenvalue weighted by molar-refractivity contribution is 6.90. The van der Waals surface area contributed by atoms with Crippen molar-refractivity contribution in [1.29, 1.82) is 0 Å². The lowest BCUT2D eigenvalue weighted by atomic mass is 9.95. The summed E-state index contributed by atoms with van der Waals surface area (Å²) in [6.45, 7) is 28.9. The van der Waals surface area contributed by atoms with Gasteiger partial charge in [0.2, 0.25) is 5.88 Å². The first-order valence-corrected chi connectivity index (χ1v) is 25.3. The average Bonchev–Trinajstić information content (AvgIpc) is 4.00. The number of hydrogen-bond donors (Lipinski definition) is 2. The minimum atomic E-state index is -2.22. The third-order valence-electron chi connectivity index (χ3n) is 13.2. The number of ether oxygens (including phenoxy) is 4. The highest BCUT2D eigenvalue weighted by Gasteiger charge is 2.46. The van der Waals surface area contributed by atoms with E-state index in [0.29, 0.717) is 56.6 Å². The van der Waals surface area contributed by atoms with Gasteiger partial charge in [0.1, 0.15) is 47.8 Å². The van der Waals surface area contributed by atoms with Crippen molar-refractivity contribution in [3.8, 4) is 34.6 Å². The van der Waals surface area contributed by atoms with Crippen molar-refractivity contribution in [3.63, 3.8) is 0 Å². The van der Waals surface area contributed by atoms with E-state index < -0.39 is 54.8 Å². The van der Waals surface area contributed by atoms with Crippen LogP contribution in [0.5, 0.6) is 11.9 Å². The van der Waals surface area contributed by atoms with E-state index >= 15 is 4.39 Å². The average molecular weight is 911 g/mol. The molecule has 0 spiro atoms. The Morgan fingerprint density at radius 1 is 0.954 bits per heavy atom. The molecule has 1 aliphatic carbocycles. The first-order valence-electron chi connectivity index (χ1n) is 23.0. The SMILES string of the molecule is CC(C)[Si](C#Cc1cccc2cc(NC(=O)OC(C)(C)C)cc(-c3nc4c5c(nc(OCC6(CO)CC6)nc5c3F)N3C[C@@H](C)N(C(=O)OC(C)(C)C)C[C@H]3[C@H](C)O4)c12)(C(C)C)C(C)C. The van der Waals surface area contributed by atoms with Crippen LogP contribution >= 0.6 is 0 Å². The monoisotopic (exact) mass is 910 g/mol. The van der Waals surface area contributed by atoms with Crippen LogP contribution in [0.25, 0.3) is 32.9 Å². The zero-order valence-corrected chi connectivity index (χ0v) is 41.6. The number of hydrogen-bond acceptors (Lipinski definition) is 11. The van der Waals surface area contributed by atoms with Gasteiger partial charge in [0.15, 0.2) is 5.82 Å². The Morgan fingerprint density at radius 3 is 2.22 bits per heavy atom. The van der Waals surface area contributed by atoms with Crippen molar-refractivity contribution in [3.05, 3.63) is 41.7 Å². The van der Waals surface area contributed by atoms with Crippen LogP contribution in [0.1, 0.15) is 115 Å². The molecule has 4 aromatic rings. The first kappa shape index (κ1) is 47.8. The smallest absolute Gasteiger partial charge is 0.412 e. The number of anilines is 2. The predicted molar refractivity (Wildman–Crippen MR) is 256 cm³/mol. The summed E-state index contributed by atoms with van der Waals surface area (Å²) in [5, 5.41) is 14.6. The van der Waals surface area contributed by atoms with Gasteiger partial charge >= 0.3 is 18.2 Å². The molecular weight excluding hydrogens is 844 g/mol. The number of nitrogens with one attached hydrogen (secondary N) is 1. The standard InChI is InChI=1S/C50H67FN6O7Si/c1-28(2)65(29(3)4,30(5)6)21-18-33-16-15-17-34-22-35(52-46(59)63-48(9,10)11)23-36(38(33)34)41-40(51)42-39-43(55-45(54-42)61-27-50(26-58)19-20-50)57-24-31(7)56(47(60)64-49(12,13)14)25-37(57)32(8)62-44(39)53-41/h15-17,22-23,28-32,37,58H,19-20,24-27H2,1-14H3,(H,52,59)/t31-,32+,37+/m1/s1. The molecule has 13 nitrogen and oxygen atoms in total. The molecule has 2 amide bonds. The molecule has 1 saturated heterocycles. The molecule has 350 valence electrons. The predicted octanol–water partition coefficient (Wildman–Crippen LogP) is 10.6. The number of carbonyl (C=O) groups is 2. The highest BCUT2D eigenvalue weighted by Crippen LogP contribution is 2.47. The summed E-state index contributed by atoms with van der Waals surface area (Å²) in [5.74, 6) is 3.35. The zero-order valence-electron chi connectivity index (χ0n) is 40.6. The number of aliphatic hydroxyl groups excluding tert-OH is 1. The lowest BCUT2D eigenvalue weighted by molar-refractivity contribution is 0.00759. The summed E-state index contributed by atoms with van der Waals surface area (Å²) in [6.07, 6.45) is -0.118. The Labute approximate surface area is 384 Å². The van der Waals surface area contributed by atoms with E-state index in [1.807, 2.05) is 63.8 Å². The molecule has 7 rings (SSSR count). The molecule has 2 aromatic carbocycles. The topological polar surface area (TPSA) is 148 Å². The molecule has 3 aliphatic rings. The van der Waals surface area contributed by atoms with Crippen molar-refractivity contribution < 1.29 is 38.0 Å². The largest absolute Gasteiger partial charge is 0.472 e. The number of fused-ring (bicyclic) bond motifs is 3. The van der Waals surface area contributed by atoms with Crippen LogP contribution in [-0.2, 0) is 9.47 Å². The van der Waals surface area contributed by atoms with Gasteiger partial charge in [-0.25, -0.2) is 19.0 Å². The molecule has 15 heteroatoms. The number of benzene rings is 2. The molecule has 2 aromatic heterocycles. The lowest BCUT2D eigenvalue weighted by Crippen LogP contribution is -2.63. The third-order valence-corrected chi connectivity index (χ3v) is 19.5. The summed E-state index contributed by atoms with van der Waals surface area (Å²) in [7, 11) is -2.22. The molecule has 2 aliphatic heterocycles. The summed E-state index contributed by atoms with van der Waals surface area (Å²) in [6, 6.07) is 8.47. The molecule has 0 bridgehead atoms. The Morgan fingerprint density at radius 2 is 1.62 bits per heavy atom. The van der Waals surface area contributed by atoms with Gasteiger partial charge in [-0.1, -0.05) is 59.6 Å². The van der Waals surface area contributed by atoms with Crippen molar-refractivity contribution in [2.75, 3.05) is 36.5 Å².